The van der Waals surface area contributed by atoms with Gasteiger partial charge in [-0.25, -0.2) is 4.98 Å². The van der Waals surface area contributed by atoms with Crippen LogP contribution in [-0.2, 0) is 0 Å². The number of aromatic nitrogens is 1. The van der Waals surface area contributed by atoms with E-state index in [9.17, 15) is 0 Å². The van der Waals surface area contributed by atoms with Crippen molar-refractivity contribution in [3.05, 3.63) is 18.4 Å². The van der Waals surface area contributed by atoms with Gasteiger partial charge in [-0.3, -0.25) is 0 Å². The van der Waals surface area contributed by atoms with Crippen molar-refractivity contribution < 1.29 is 4.42 Å². The van der Waals surface area contributed by atoms with Crippen LogP contribution in [0.1, 0.15) is 25.5 Å². The first kappa shape index (κ1) is 5.35. The van der Waals surface area contributed by atoms with E-state index in [1.54, 1.807) is 6.26 Å². The molecule has 0 bridgehead atoms. The van der Waals surface area contributed by atoms with E-state index in [2.05, 4.69) is 18.8 Å². The van der Waals surface area contributed by atoms with E-state index in [4.69, 9.17) is 4.42 Å². The van der Waals surface area contributed by atoms with Gasteiger partial charge in [0.1, 0.15) is 6.26 Å². The molecule has 0 saturated heterocycles. The summed E-state index contributed by atoms with van der Waals surface area (Å²) in [7, 11) is 0. The summed E-state index contributed by atoms with van der Waals surface area (Å²) in [4.78, 5) is 3.95. The average molecular weight is 111 g/mol. The van der Waals surface area contributed by atoms with Gasteiger partial charge >= 0.3 is 0 Å². The van der Waals surface area contributed by atoms with Gasteiger partial charge in [0.15, 0.2) is 6.39 Å². The second kappa shape index (κ2) is 1.99. The zero-order chi connectivity index (χ0) is 5.98. The van der Waals surface area contributed by atoms with Crippen molar-refractivity contribution in [3.8, 4) is 0 Å². The highest BCUT2D eigenvalue weighted by Gasteiger charge is 1.98. The second-order valence-corrected chi connectivity index (χ2v) is 2.07. The SMILES string of the molecule is CC(C)c1cocn1. The van der Waals surface area contributed by atoms with Gasteiger partial charge in [0.05, 0.1) is 5.69 Å². The molecule has 2 nitrogen and oxygen atoms in total. The summed E-state index contributed by atoms with van der Waals surface area (Å²) in [6.45, 7) is 4.16. The molecule has 0 unspecified atom stereocenters. The molecule has 0 saturated carbocycles. The van der Waals surface area contributed by atoms with E-state index < -0.39 is 0 Å². The number of hydrogen-bond acceptors (Lipinski definition) is 2. The standard InChI is InChI=1S/C6H9NO/c1-5(2)6-3-8-4-7-6/h3-5H,1-2H3. The predicted octanol–water partition coefficient (Wildman–Crippen LogP) is 1.80. The second-order valence-electron chi connectivity index (χ2n) is 2.07. The quantitative estimate of drug-likeness (QED) is 0.552. The Labute approximate surface area is 48.5 Å². The van der Waals surface area contributed by atoms with E-state index >= 15 is 0 Å². The summed E-state index contributed by atoms with van der Waals surface area (Å²) >= 11 is 0. The summed E-state index contributed by atoms with van der Waals surface area (Å²) in [5.74, 6) is 0.480. The van der Waals surface area contributed by atoms with Crippen LogP contribution < -0.4 is 0 Å². The van der Waals surface area contributed by atoms with Crippen molar-refractivity contribution in [2.45, 2.75) is 19.8 Å². The molecule has 0 radical (unpaired) electrons. The first-order valence-electron chi connectivity index (χ1n) is 2.69. The topological polar surface area (TPSA) is 26.0 Å². The van der Waals surface area contributed by atoms with Crippen LogP contribution >= 0.6 is 0 Å². The summed E-state index contributed by atoms with van der Waals surface area (Å²) in [6.07, 6.45) is 3.12. The maximum Gasteiger partial charge on any atom is 0.180 e. The lowest BCUT2D eigenvalue weighted by Crippen LogP contribution is -1.83. The monoisotopic (exact) mass is 111 g/mol. The Bertz CT molecular complexity index is 144. The fourth-order valence-corrected chi connectivity index (χ4v) is 0.507. The van der Waals surface area contributed by atoms with E-state index in [0.29, 0.717) is 5.92 Å². The third kappa shape index (κ3) is 0.886. The highest BCUT2D eigenvalue weighted by molar-refractivity contribution is 4.96. The third-order valence-corrected chi connectivity index (χ3v) is 1.04. The largest absolute Gasteiger partial charge is 0.451 e. The van der Waals surface area contributed by atoms with Crippen LogP contribution in [0.25, 0.3) is 0 Å². The third-order valence-electron chi connectivity index (χ3n) is 1.04. The molecule has 0 amide bonds. The van der Waals surface area contributed by atoms with Crippen molar-refractivity contribution in [3.63, 3.8) is 0 Å². The minimum absolute atomic E-state index is 0.480. The van der Waals surface area contributed by atoms with Crippen molar-refractivity contribution in [2.75, 3.05) is 0 Å². The van der Waals surface area contributed by atoms with Crippen LogP contribution in [0, 0.1) is 0 Å². The molecule has 0 atom stereocenters. The smallest absolute Gasteiger partial charge is 0.180 e. The van der Waals surface area contributed by atoms with Gasteiger partial charge in [-0.15, -0.1) is 0 Å². The van der Waals surface area contributed by atoms with Crippen molar-refractivity contribution in [1.29, 1.82) is 0 Å². The molecule has 0 aromatic carbocycles. The Morgan fingerprint density at radius 3 is 2.62 bits per heavy atom. The van der Waals surface area contributed by atoms with E-state index in [0.717, 1.165) is 5.69 Å². The van der Waals surface area contributed by atoms with Gasteiger partial charge in [-0.05, 0) is 5.92 Å². The molecule has 1 aromatic rings. The van der Waals surface area contributed by atoms with E-state index in [1.807, 2.05) is 0 Å². The Hall–Kier alpha value is -0.790. The van der Waals surface area contributed by atoms with Crippen LogP contribution in [0.4, 0.5) is 0 Å². The zero-order valence-electron chi connectivity index (χ0n) is 5.09. The normalized spacial score (nSPS) is 10.4. The Kier molecular flexibility index (Phi) is 1.33. The summed E-state index contributed by atoms with van der Waals surface area (Å²) in [6, 6.07) is 0. The van der Waals surface area contributed by atoms with Crippen LogP contribution in [0.15, 0.2) is 17.1 Å². The molecule has 0 aliphatic carbocycles. The molecule has 0 fully saturated rings. The molecule has 8 heavy (non-hydrogen) atoms. The Morgan fingerprint density at radius 1 is 1.62 bits per heavy atom. The summed E-state index contributed by atoms with van der Waals surface area (Å²) < 4.78 is 4.76. The van der Waals surface area contributed by atoms with Crippen molar-refractivity contribution >= 4 is 0 Å². The van der Waals surface area contributed by atoms with Crippen molar-refractivity contribution in [1.82, 2.24) is 4.98 Å². The summed E-state index contributed by atoms with van der Waals surface area (Å²) in [5.41, 5.74) is 1.02. The molecule has 0 aliphatic heterocycles. The highest BCUT2D eigenvalue weighted by atomic mass is 16.3. The molecular formula is C6H9NO. The minimum atomic E-state index is 0.480. The molecule has 1 heterocycles. The lowest BCUT2D eigenvalue weighted by Gasteiger charge is -1.92. The van der Waals surface area contributed by atoms with Gasteiger partial charge in [-0.2, -0.15) is 0 Å². The van der Waals surface area contributed by atoms with Gasteiger partial charge in [0, 0.05) is 0 Å². The molecule has 0 aliphatic rings. The first-order valence-corrected chi connectivity index (χ1v) is 2.69. The molecule has 0 spiro atoms. The lowest BCUT2D eigenvalue weighted by molar-refractivity contribution is 0.555. The molecule has 0 N–H and O–H groups in total. The lowest BCUT2D eigenvalue weighted by atomic mass is 10.2. The van der Waals surface area contributed by atoms with Crippen LogP contribution in [0.5, 0.6) is 0 Å². The minimum Gasteiger partial charge on any atom is -0.451 e. The fourth-order valence-electron chi connectivity index (χ4n) is 0.507. The molecule has 44 valence electrons. The maximum absolute atomic E-state index is 4.76. The van der Waals surface area contributed by atoms with Gasteiger partial charge < -0.3 is 4.42 Å². The van der Waals surface area contributed by atoms with E-state index in [1.165, 1.54) is 6.39 Å². The molecular weight excluding hydrogens is 102 g/mol. The van der Waals surface area contributed by atoms with Gasteiger partial charge in [0.2, 0.25) is 0 Å². The van der Waals surface area contributed by atoms with Crippen molar-refractivity contribution in [2.24, 2.45) is 0 Å². The summed E-state index contributed by atoms with van der Waals surface area (Å²) in [5, 5.41) is 0. The molecule has 1 aromatic heterocycles. The van der Waals surface area contributed by atoms with Gasteiger partial charge in [-0.1, -0.05) is 13.8 Å². The Balaban J connectivity index is 2.77. The Morgan fingerprint density at radius 2 is 2.38 bits per heavy atom. The molecule has 1 rings (SSSR count). The van der Waals surface area contributed by atoms with Crippen LogP contribution in [0.3, 0.4) is 0 Å². The van der Waals surface area contributed by atoms with Gasteiger partial charge in [0.25, 0.3) is 0 Å². The molecule has 2 heteroatoms. The predicted molar refractivity (Wildman–Crippen MR) is 30.6 cm³/mol. The van der Waals surface area contributed by atoms with Crippen LogP contribution in [-0.4, -0.2) is 4.98 Å². The first-order chi connectivity index (χ1) is 3.80. The fraction of sp³-hybridized carbons (Fsp3) is 0.500. The number of hydrogen-bond donors (Lipinski definition) is 0. The number of oxazole rings is 1. The number of rotatable bonds is 1. The zero-order valence-corrected chi connectivity index (χ0v) is 5.09. The number of nitrogens with zero attached hydrogens (tertiary/aromatic N) is 1. The van der Waals surface area contributed by atoms with Crippen LogP contribution in [0.2, 0.25) is 0 Å². The maximum atomic E-state index is 4.76. The average Bonchev–Trinajstić information content (AvgIpc) is 2.12. The van der Waals surface area contributed by atoms with E-state index in [-0.39, 0.29) is 0 Å². The highest BCUT2D eigenvalue weighted by Crippen LogP contribution is 2.09.